The first-order valence-electron chi connectivity index (χ1n) is 7.05. The summed E-state index contributed by atoms with van der Waals surface area (Å²) >= 11 is 0. The molecule has 0 radical (unpaired) electrons. The number of para-hydroxylation sites is 1. The van der Waals surface area contributed by atoms with Crippen LogP contribution < -0.4 is 21.0 Å². The molecule has 122 valence electrons. The highest BCUT2D eigenvalue weighted by Crippen LogP contribution is 2.29. The lowest BCUT2D eigenvalue weighted by atomic mass is 10.2. The molecule has 24 heavy (non-hydrogen) atoms. The van der Waals surface area contributed by atoms with Crippen molar-refractivity contribution in [2.75, 3.05) is 17.7 Å². The van der Waals surface area contributed by atoms with Gasteiger partial charge in [-0.3, -0.25) is 5.32 Å². The summed E-state index contributed by atoms with van der Waals surface area (Å²) in [5.74, 6) is 0.306. The van der Waals surface area contributed by atoms with Gasteiger partial charge in [-0.25, -0.2) is 9.59 Å². The number of anilines is 2. The summed E-state index contributed by atoms with van der Waals surface area (Å²) in [4.78, 5) is 24.0. The van der Waals surface area contributed by atoms with Crippen molar-refractivity contribution in [3.8, 4) is 11.5 Å². The molecule has 3 rings (SSSR count). The van der Waals surface area contributed by atoms with E-state index in [1.165, 1.54) is 7.11 Å². The fourth-order valence-corrected chi connectivity index (χ4v) is 2.19. The molecule has 0 unspecified atom stereocenters. The Morgan fingerprint density at radius 2 is 1.79 bits per heavy atom. The lowest BCUT2D eigenvalue weighted by Crippen LogP contribution is -2.23. The van der Waals surface area contributed by atoms with Gasteiger partial charge >= 0.3 is 11.7 Å². The van der Waals surface area contributed by atoms with Crippen molar-refractivity contribution in [2.45, 2.75) is 0 Å². The molecule has 7 nitrogen and oxygen atoms in total. The quantitative estimate of drug-likeness (QED) is 0.642. The van der Waals surface area contributed by atoms with Gasteiger partial charge in [-0.2, -0.15) is 0 Å². The van der Waals surface area contributed by atoms with E-state index < -0.39 is 11.7 Å². The second-order valence-electron chi connectivity index (χ2n) is 4.92. The Kier molecular flexibility index (Phi) is 4.07. The van der Waals surface area contributed by atoms with Crippen LogP contribution in [0.2, 0.25) is 0 Å². The van der Waals surface area contributed by atoms with Gasteiger partial charge in [-0.15, -0.1) is 0 Å². The van der Waals surface area contributed by atoms with Crippen LogP contribution in [0.25, 0.3) is 11.0 Å². The molecule has 3 N–H and O–H groups in total. The van der Waals surface area contributed by atoms with E-state index in [2.05, 4.69) is 10.6 Å². The van der Waals surface area contributed by atoms with E-state index >= 15 is 0 Å². The third-order valence-electron chi connectivity index (χ3n) is 3.37. The average molecular weight is 326 g/mol. The van der Waals surface area contributed by atoms with Crippen LogP contribution in [-0.2, 0) is 0 Å². The molecule has 0 spiro atoms. The number of hydrogen-bond donors (Lipinski definition) is 3. The molecular formula is C17H14N2O5. The van der Waals surface area contributed by atoms with Gasteiger partial charge in [0, 0.05) is 5.69 Å². The number of benzene rings is 2. The zero-order valence-corrected chi connectivity index (χ0v) is 12.7. The normalized spacial score (nSPS) is 10.4. The number of rotatable bonds is 3. The van der Waals surface area contributed by atoms with E-state index in [1.54, 1.807) is 48.5 Å². The molecule has 0 bridgehead atoms. The van der Waals surface area contributed by atoms with Gasteiger partial charge in [-0.05, 0) is 36.4 Å². The second kappa shape index (κ2) is 6.33. The van der Waals surface area contributed by atoms with Crippen LogP contribution in [0.5, 0.6) is 11.5 Å². The van der Waals surface area contributed by atoms with Crippen LogP contribution in [0.4, 0.5) is 16.2 Å². The zero-order chi connectivity index (χ0) is 17.1. The van der Waals surface area contributed by atoms with Crippen LogP contribution in [0.1, 0.15) is 0 Å². The van der Waals surface area contributed by atoms with E-state index in [9.17, 15) is 14.7 Å². The highest BCUT2D eigenvalue weighted by atomic mass is 16.5. The van der Waals surface area contributed by atoms with E-state index in [1.807, 2.05) is 0 Å². The topological polar surface area (TPSA) is 101 Å². The van der Waals surface area contributed by atoms with Crippen molar-refractivity contribution in [1.82, 2.24) is 0 Å². The fraction of sp³-hybridized carbons (Fsp3) is 0.0588. The molecule has 0 aliphatic carbocycles. The summed E-state index contributed by atoms with van der Waals surface area (Å²) in [6, 6.07) is 12.4. The second-order valence-corrected chi connectivity index (χ2v) is 4.92. The summed E-state index contributed by atoms with van der Waals surface area (Å²) in [5, 5.41) is 15.4. The molecule has 0 fully saturated rings. The van der Waals surface area contributed by atoms with Gasteiger partial charge in [0.15, 0.2) is 11.4 Å². The first-order valence-corrected chi connectivity index (χ1v) is 7.05. The van der Waals surface area contributed by atoms with Crippen molar-refractivity contribution < 1.29 is 19.1 Å². The number of carbonyl (C=O) groups is 1. The Bertz CT molecular complexity index is 947. The summed E-state index contributed by atoms with van der Waals surface area (Å²) < 4.78 is 10.1. The molecular weight excluding hydrogens is 312 g/mol. The lowest BCUT2D eigenvalue weighted by Gasteiger charge is -2.09. The summed E-state index contributed by atoms with van der Waals surface area (Å²) in [7, 11) is 1.54. The highest BCUT2D eigenvalue weighted by Gasteiger charge is 2.16. The van der Waals surface area contributed by atoms with E-state index in [-0.39, 0.29) is 17.0 Å². The number of hydrogen-bond acceptors (Lipinski definition) is 5. The Balaban J connectivity index is 1.83. The lowest BCUT2D eigenvalue weighted by molar-refractivity contribution is 0.262. The van der Waals surface area contributed by atoms with Crippen LogP contribution >= 0.6 is 0 Å². The smallest absolute Gasteiger partial charge is 0.364 e. The molecule has 3 aromatic rings. The molecule has 0 saturated heterocycles. The zero-order valence-electron chi connectivity index (χ0n) is 12.7. The van der Waals surface area contributed by atoms with Crippen LogP contribution in [-0.4, -0.2) is 18.2 Å². The SMILES string of the molecule is COc1ccc(NC(=O)Nc2c(O)c3ccccc3oc2=O)cc1. The van der Waals surface area contributed by atoms with E-state index in [4.69, 9.17) is 9.15 Å². The standard InChI is InChI=1S/C17H14N2O5/c1-23-11-8-6-10(7-9-11)18-17(22)19-14-15(20)12-4-2-3-5-13(12)24-16(14)21/h2-9,20H,1H3,(H2,18,19,22). The Labute approximate surface area is 136 Å². The van der Waals surface area contributed by atoms with Crippen molar-refractivity contribution in [1.29, 1.82) is 0 Å². The molecule has 7 heteroatoms. The maximum absolute atomic E-state index is 12.0. The largest absolute Gasteiger partial charge is 0.505 e. The molecule has 0 atom stereocenters. The molecule has 1 heterocycles. The summed E-state index contributed by atoms with van der Waals surface area (Å²) in [6.45, 7) is 0. The molecule has 2 amide bonds. The number of urea groups is 1. The summed E-state index contributed by atoms with van der Waals surface area (Å²) in [5.41, 5.74) is -0.421. The van der Waals surface area contributed by atoms with Crippen LogP contribution in [0, 0.1) is 0 Å². The average Bonchev–Trinajstić information content (AvgIpc) is 2.59. The molecule has 0 aliphatic heterocycles. The van der Waals surface area contributed by atoms with Crippen LogP contribution in [0.3, 0.4) is 0 Å². The monoisotopic (exact) mass is 326 g/mol. The van der Waals surface area contributed by atoms with Gasteiger partial charge in [0.05, 0.1) is 12.5 Å². The van der Waals surface area contributed by atoms with Crippen molar-refractivity contribution in [3.05, 3.63) is 59.0 Å². The summed E-state index contributed by atoms with van der Waals surface area (Å²) in [6.07, 6.45) is 0. The Morgan fingerprint density at radius 1 is 1.08 bits per heavy atom. The number of nitrogens with one attached hydrogen (secondary N) is 2. The molecule has 2 aromatic carbocycles. The number of ether oxygens (including phenoxy) is 1. The number of carbonyl (C=O) groups excluding carboxylic acids is 1. The highest BCUT2D eigenvalue weighted by molar-refractivity contribution is 6.02. The van der Waals surface area contributed by atoms with Gasteiger partial charge < -0.3 is 19.6 Å². The Morgan fingerprint density at radius 3 is 2.50 bits per heavy atom. The molecule has 0 aliphatic rings. The van der Waals surface area contributed by atoms with Crippen molar-refractivity contribution in [3.63, 3.8) is 0 Å². The van der Waals surface area contributed by atoms with E-state index in [0.717, 1.165) is 0 Å². The van der Waals surface area contributed by atoms with Gasteiger partial charge in [0.1, 0.15) is 11.3 Å². The van der Waals surface area contributed by atoms with Crippen LogP contribution in [0.15, 0.2) is 57.7 Å². The first-order chi connectivity index (χ1) is 11.6. The minimum absolute atomic E-state index is 0.237. The third-order valence-corrected chi connectivity index (χ3v) is 3.37. The number of fused-ring (bicyclic) bond motifs is 1. The number of methoxy groups -OCH3 is 1. The maximum atomic E-state index is 12.0. The third kappa shape index (κ3) is 3.00. The molecule has 1 aromatic heterocycles. The predicted octanol–water partition coefficient (Wildman–Crippen LogP) is 3.15. The molecule has 0 saturated carbocycles. The Hall–Kier alpha value is -3.48. The van der Waals surface area contributed by atoms with Crippen molar-refractivity contribution in [2.24, 2.45) is 0 Å². The predicted molar refractivity (Wildman–Crippen MR) is 89.8 cm³/mol. The van der Waals surface area contributed by atoms with Gasteiger partial charge in [-0.1, -0.05) is 12.1 Å². The first kappa shape index (κ1) is 15.4. The van der Waals surface area contributed by atoms with Gasteiger partial charge in [0.25, 0.3) is 0 Å². The number of amides is 2. The number of aromatic hydroxyl groups is 1. The fourth-order valence-electron chi connectivity index (χ4n) is 2.19. The van der Waals surface area contributed by atoms with E-state index in [0.29, 0.717) is 16.8 Å². The van der Waals surface area contributed by atoms with Crippen molar-refractivity contribution >= 4 is 28.4 Å². The maximum Gasteiger partial charge on any atom is 0.364 e. The minimum Gasteiger partial charge on any atom is -0.505 e. The minimum atomic E-state index is -0.837. The van der Waals surface area contributed by atoms with Gasteiger partial charge in [0.2, 0.25) is 0 Å².